The number of rotatable bonds is 21. The van der Waals surface area contributed by atoms with Crippen LogP contribution in [0.5, 0.6) is 17.2 Å². The molecule has 2 aromatic carbocycles. The van der Waals surface area contributed by atoms with E-state index in [4.69, 9.17) is 23.4 Å². The zero-order valence-electron chi connectivity index (χ0n) is 26.3. The van der Waals surface area contributed by atoms with Crippen molar-refractivity contribution < 1.29 is 28.2 Å². The van der Waals surface area contributed by atoms with Crippen LogP contribution in [0.2, 0.25) is 0 Å². The van der Waals surface area contributed by atoms with E-state index in [0.29, 0.717) is 24.4 Å². The average molecular weight is 591 g/mol. The molecule has 0 fully saturated rings. The highest BCUT2D eigenvalue weighted by molar-refractivity contribution is 5.88. The van der Waals surface area contributed by atoms with Crippen LogP contribution >= 0.6 is 0 Å². The molecule has 0 unspecified atom stereocenters. The molecule has 0 spiro atoms. The van der Waals surface area contributed by atoms with Gasteiger partial charge in [-0.3, -0.25) is 4.79 Å². The number of aryl methyl sites for hydroxylation is 1. The van der Waals surface area contributed by atoms with Gasteiger partial charge in [-0.25, -0.2) is 0 Å². The minimum absolute atomic E-state index is 0.0890. The number of furan rings is 1. The van der Waals surface area contributed by atoms with Gasteiger partial charge in [-0.05, 0) is 86.9 Å². The maximum absolute atomic E-state index is 12.2. The third-order valence-electron chi connectivity index (χ3n) is 8.03. The summed E-state index contributed by atoms with van der Waals surface area (Å²) >= 11 is 0. The van der Waals surface area contributed by atoms with Gasteiger partial charge in [0.15, 0.2) is 22.8 Å². The van der Waals surface area contributed by atoms with Gasteiger partial charge in [-0.15, -0.1) is 0 Å². The summed E-state index contributed by atoms with van der Waals surface area (Å²) in [5.74, 6) is 2.81. The first kappa shape index (κ1) is 32.5. The van der Waals surface area contributed by atoms with Crippen LogP contribution in [-0.4, -0.2) is 26.5 Å². The SMILES string of the molecule is CCCCCCCC/C=C\CCCCCCCC(=O)OCCCc1cc(OC)c2oc(-c3ccc4c(c3)OCO4)cc2c1. The second kappa shape index (κ2) is 18.3. The Balaban J connectivity index is 1.07. The average Bonchev–Trinajstić information content (AvgIpc) is 3.67. The Labute approximate surface area is 257 Å². The van der Waals surface area contributed by atoms with Crippen molar-refractivity contribution in [3.05, 3.63) is 54.1 Å². The number of esters is 1. The van der Waals surface area contributed by atoms with Crippen LogP contribution in [0, 0.1) is 0 Å². The molecule has 1 aliphatic heterocycles. The molecule has 0 saturated carbocycles. The van der Waals surface area contributed by atoms with Crippen LogP contribution in [0.3, 0.4) is 0 Å². The quantitative estimate of drug-likeness (QED) is 0.0698. The highest BCUT2D eigenvalue weighted by Crippen LogP contribution is 2.39. The molecule has 1 aromatic heterocycles. The van der Waals surface area contributed by atoms with Gasteiger partial charge in [0.25, 0.3) is 0 Å². The molecule has 234 valence electrons. The van der Waals surface area contributed by atoms with E-state index in [-0.39, 0.29) is 12.8 Å². The van der Waals surface area contributed by atoms with Crippen molar-refractivity contribution in [2.45, 2.75) is 110 Å². The number of hydrogen-bond acceptors (Lipinski definition) is 6. The summed E-state index contributed by atoms with van der Waals surface area (Å²) in [7, 11) is 1.65. The van der Waals surface area contributed by atoms with Gasteiger partial charge in [0.05, 0.1) is 13.7 Å². The number of benzene rings is 2. The van der Waals surface area contributed by atoms with Crippen molar-refractivity contribution in [1.29, 1.82) is 0 Å². The molecule has 0 aliphatic carbocycles. The molecule has 0 bridgehead atoms. The van der Waals surface area contributed by atoms with Gasteiger partial charge in [0, 0.05) is 17.4 Å². The predicted molar refractivity (Wildman–Crippen MR) is 173 cm³/mol. The molecule has 0 atom stereocenters. The summed E-state index contributed by atoms with van der Waals surface area (Å²) in [6.45, 7) is 2.93. The fourth-order valence-corrected chi connectivity index (χ4v) is 5.54. The summed E-state index contributed by atoms with van der Waals surface area (Å²) in [5, 5.41) is 0.975. The first-order valence-electron chi connectivity index (χ1n) is 16.5. The van der Waals surface area contributed by atoms with Crippen LogP contribution < -0.4 is 14.2 Å². The Bertz CT molecular complexity index is 1290. The van der Waals surface area contributed by atoms with E-state index in [1.54, 1.807) is 7.11 Å². The lowest BCUT2D eigenvalue weighted by atomic mass is 10.1. The fourth-order valence-electron chi connectivity index (χ4n) is 5.54. The molecule has 43 heavy (non-hydrogen) atoms. The van der Waals surface area contributed by atoms with Crippen molar-refractivity contribution >= 4 is 16.9 Å². The Kier molecular flexibility index (Phi) is 13.8. The topological polar surface area (TPSA) is 67.1 Å². The lowest BCUT2D eigenvalue weighted by Crippen LogP contribution is -2.06. The molecule has 0 N–H and O–H groups in total. The lowest BCUT2D eigenvalue weighted by Gasteiger charge is -2.07. The number of carbonyl (C=O) groups is 1. The maximum Gasteiger partial charge on any atom is 0.305 e. The van der Waals surface area contributed by atoms with Gasteiger partial charge in [0.1, 0.15) is 5.76 Å². The lowest BCUT2D eigenvalue weighted by molar-refractivity contribution is -0.143. The third kappa shape index (κ3) is 10.7. The molecule has 0 radical (unpaired) electrons. The van der Waals surface area contributed by atoms with Crippen molar-refractivity contribution in [1.82, 2.24) is 0 Å². The minimum atomic E-state index is -0.0890. The number of allylic oxidation sites excluding steroid dienone is 2. The predicted octanol–water partition coefficient (Wildman–Crippen LogP) is 10.4. The smallest absolute Gasteiger partial charge is 0.305 e. The van der Waals surface area contributed by atoms with Crippen molar-refractivity contribution in [3.63, 3.8) is 0 Å². The zero-order chi connectivity index (χ0) is 30.1. The van der Waals surface area contributed by atoms with E-state index in [1.807, 2.05) is 30.3 Å². The van der Waals surface area contributed by atoms with Gasteiger partial charge < -0.3 is 23.4 Å². The maximum atomic E-state index is 12.2. The Morgan fingerprint density at radius 1 is 0.814 bits per heavy atom. The Morgan fingerprint density at radius 3 is 2.30 bits per heavy atom. The number of hydrogen-bond donors (Lipinski definition) is 0. The molecule has 0 amide bonds. The van der Waals surface area contributed by atoms with Gasteiger partial charge in [-0.2, -0.15) is 0 Å². The van der Waals surface area contributed by atoms with Gasteiger partial charge >= 0.3 is 5.97 Å². The van der Waals surface area contributed by atoms with Crippen LogP contribution in [-0.2, 0) is 16.0 Å². The molecule has 4 rings (SSSR count). The molecule has 6 nitrogen and oxygen atoms in total. The van der Waals surface area contributed by atoms with Crippen LogP contribution in [0.1, 0.15) is 109 Å². The van der Waals surface area contributed by atoms with Crippen LogP contribution in [0.25, 0.3) is 22.3 Å². The summed E-state index contributed by atoms with van der Waals surface area (Å²) in [5.41, 5.74) is 2.75. The van der Waals surface area contributed by atoms with E-state index < -0.39 is 0 Å². The molecule has 6 heteroatoms. The van der Waals surface area contributed by atoms with Crippen LogP contribution in [0.15, 0.2) is 53.0 Å². The molecule has 1 aliphatic rings. The van der Waals surface area contributed by atoms with Crippen molar-refractivity contribution in [3.8, 4) is 28.6 Å². The summed E-state index contributed by atoms with van der Waals surface area (Å²) in [4.78, 5) is 12.2. The molecular weight excluding hydrogens is 540 g/mol. The highest BCUT2D eigenvalue weighted by Gasteiger charge is 2.17. The number of methoxy groups -OCH3 is 1. The summed E-state index contributed by atoms with van der Waals surface area (Å²) in [6.07, 6.45) is 23.0. The first-order valence-corrected chi connectivity index (χ1v) is 16.5. The van der Waals surface area contributed by atoms with E-state index in [1.165, 1.54) is 70.6 Å². The summed E-state index contributed by atoms with van der Waals surface area (Å²) < 4.78 is 28.2. The second-order valence-electron chi connectivity index (χ2n) is 11.6. The zero-order valence-corrected chi connectivity index (χ0v) is 26.3. The molecular formula is C37H50O6. The van der Waals surface area contributed by atoms with E-state index in [0.717, 1.165) is 59.5 Å². The first-order chi connectivity index (χ1) is 21.2. The number of carbonyl (C=O) groups excluding carboxylic acids is 1. The number of fused-ring (bicyclic) bond motifs is 2. The standard InChI is InChI=1S/C37H50O6/c1-3-4-5-6-7-8-9-10-11-12-13-14-15-16-17-20-36(38)40-23-18-19-29-24-31-27-33(43-37(31)35(25-29)39-2)30-21-22-32-34(26-30)42-28-41-32/h10-11,21-22,24-27H,3-9,12-20,23,28H2,1-2H3/b11-10-. The number of unbranched alkanes of at least 4 members (excludes halogenated alkanes) is 11. The Morgan fingerprint density at radius 2 is 1.53 bits per heavy atom. The second-order valence-corrected chi connectivity index (χ2v) is 11.6. The summed E-state index contributed by atoms with van der Waals surface area (Å²) in [6, 6.07) is 11.9. The largest absolute Gasteiger partial charge is 0.493 e. The minimum Gasteiger partial charge on any atom is -0.493 e. The van der Waals surface area contributed by atoms with Crippen molar-refractivity contribution in [2.24, 2.45) is 0 Å². The van der Waals surface area contributed by atoms with E-state index >= 15 is 0 Å². The van der Waals surface area contributed by atoms with Gasteiger partial charge in [-0.1, -0.05) is 70.4 Å². The molecule has 2 heterocycles. The molecule has 0 saturated heterocycles. The number of ether oxygens (including phenoxy) is 4. The Hall–Kier alpha value is -3.41. The van der Waals surface area contributed by atoms with E-state index in [9.17, 15) is 4.79 Å². The fraction of sp³-hybridized carbons (Fsp3) is 0.541. The van der Waals surface area contributed by atoms with Gasteiger partial charge in [0.2, 0.25) is 6.79 Å². The van der Waals surface area contributed by atoms with E-state index in [2.05, 4.69) is 25.1 Å². The third-order valence-corrected chi connectivity index (χ3v) is 8.03. The van der Waals surface area contributed by atoms with Crippen molar-refractivity contribution in [2.75, 3.05) is 20.5 Å². The monoisotopic (exact) mass is 590 g/mol. The molecule has 3 aromatic rings. The van der Waals surface area contributed by atoms with Crippen LogP contribution in [0.4, 0.5) is 0 Å². The highest BCUT2D eigenvalue weighted by atomic mass is 16.7. The normalized spacial score (nSPS) is 12.4.